The van der Waals surface area contributed by atoms with E-state index in [1.807, 2.05) is 0 Å². The Hall–Kier alpha value is -4.12. The monoisotopic (exact) mass is 386 g/mol. The first-order valence-electron chi connectivity index (χ1n) is 8.91. The quantitative estimate of drug-likeness (QED) is 0.311. The van der Waals surface area contributed by atoms with E-state index >= 15 is 0 Å². The van der Waals surface area contributed by atoms with Crippen molar-refractivity contribution >= 4 is 0 Å². The first kappa shape index (κ1) is 18.3. The van der Waals surface area contributed by atoms with E-state index in [0.29, 0.717) is 33.4 Å². The van der Waals surface area contributed by atoms with Crippen LogP contribution in [0.5, 0.6) is 28.7 Å². The van der Waals surface area contributed by atoms with Gasteiger partial charge in [-0.3, -0.25) is 0 Å². The van der Waals surface area contributed by atoms with Crippen molar-refractivity contribution in [1.29, 1.82) is 0 Å². The molecule has 0 fully saturated rings. The molecule has 5 heteroatoms. The molecule has 0 aromatic heterocycles. The summed E-state index contributed by atoms with van der Waals surface area (Å²) >= 11 is 0. The summed E-state index contributed by atoms with van der Waals surface area (Å²) < 4.78 is 0. The fraction of sp³-hybridized carbons (Fsp3) is 0. The Morgan fingerprint density at radius 2 is 0.793 bits per heavy atom. The van der Waals surface area contributed by atoms with Gasteiger partial charge in [-0.05, 0) is 59.2 Å². The average Bonchev–Trinajstić information content (AvgIpc) is 2.71. The van der Waals surface area contributed by atoms with Crippen LogP contribution in [0.2, 0.25) is 0 Å². The summed E-state index contributed by atoms with van der Waals surface area (Å²) in [6.45, 7) is 0. The molecule has 0 saturated heterocycles. The van der Waals surface area contributed by atoms with Crippen LogP contribution in [0.15, 0.2) is 78.9 Å². The zero-order chi connectivity index (χ0) is 20.5. The summed E-state index contributed by atoms with van der Waals surface area (Å²) in [5, 5.41) is 50.8. The Kier molecular flexibility index (Phi) is 4.49. The number of phenolic OH excluding ortho intramolecular Hbond substituents is 5. The maximum Gasteiger partial charge on any atom is 0.132 e. The van der Waals surface area contributed by atoms with Gasteiger partial charge in [-0.2, -0.15) is 0 Å². The van der Waals surface area contributed by atoms with Crippen molar-refractivity contribution in [1.82, 2.24) is 0 Å². The van der Waals surface area contributed by atoms with Crippen molar-refractivity contribution < 1.29 is 25.5 Å². The molecule has 0 saturated carbocycles. The summed E-state index contributed by atoms with van der Waals surface area (Å²) in [5.74, 6) is 0.154. The number of hydrogen-bond donors (Lipinski definition) is 5. The molecule has 0 aliphatic heterocycles. The van der Waals surface area contributed by atoms with Gasteiger partial charge in [0.25, 0.3) is 0 Å². The highest BCUT2D eigenvalue weighted by Gasteiger charge is 2.21. The first-order chi connectivity index (χ1) is 13.9. The lowest BCUT2D eigenvalue weighted by atomic mass is 9.89. The van der Waals surface area contributed by atoms with Crippen LogP contribution >= 0.6 is 0 Å². The van der Waals surface area contributed by atoms with Gasteiger partial charge in [0.15, 0.2) is 0 Å². The molecular formula is C24H18O5. The van der Waals surface area contributed by atoms with Gasteiger partial charge in [-0.25, -0.2) is 0 Å². The van der Waals surface area contributed by atoms with Gasteiger partial charge in [0.2, 0.25) is 0 Å². The second kappa shape index (κ2) is 7.13. The average molecular weight is 386 g/mol. The Morgan fingerprint density at radius 3 is 1.24 bits per heavy atom. The summed E-state index contributed by atoms with van der Waals surface area (Å²) in [4.78, 5) is 0. The molecule has 0 amide bonds. The fourth-order valence-corrected chi connectivity index (χ4v) is 3.35. The Morgan fingerprint density at radius 1 is 0.414 bits per heavy atom. The largest absolute Gasteiger partial charge is 0.508 e. The predicted octanol–water partition coefficient (Wildman–Crippen LogP) is 5.22. The second-order valence-corrected chi connectivity index (χ2v) is 6.68. The summed E-state index contributed by atoms with van der Waals surface area (Å²) in [7, 11) is 0. The van der Waals surface area contributed by atoms with Crippen molar-refractivity contribution in [3.8, 4) is 62.1 Å². The molecule has 0 bridgehead atoms. The van der Waals surface area contributed by atoms with E-state index in [1.165, 1.54) is 42.5 Å². The third kappa shape index (κ3) is 3.41. The van der Waals surface area contributed by atoms with Gasteiger partial charge < -0.3 is 25.5 Å². The van der Waals surface area contributed by atoms with Crippen LogP contribution in [0.4, 0.5) is 0 Å². The van der Waals surface area contributed by atoms with E-state index in [2.05, 4.69) is 0 Å². The molecular weight excluding hydrogens is 368 g/mol. The van der Waals surface area contributed by atoms with Crippen molar-refractivity contribution in [3.05, 3.63) is 78.9 Å². The van der Waals surface area contributed by atoms with Crippen LogP contribution in [0, 0.1) is 0 Å². The molecule has 0 spiro atoms. The van der Waals surface area contributed by atoms with Crippen LogP contribution in [-0.2, 0) is 0 Å². The van der Waals surface area contributed by atoms with Crippen molar-refractivity contribution in [2.24, 2.45) is 0 Å². The van der Waals surface area contributed by atoms with Gasteiger partial charge in [0.05, 0.1) is 0 Å². The molecule has 4 aromatic rings. The molecule has 0 atom stereocenters. The second-order valence-electron chi connectivity index (χ2n) is 6.68. The smallest absolute Gasteiger partial charge is 0.132 e. The van der Waals surface area contributed by atoms with Crippen LogP contribution in [0.25, 0.3) is 33.4 Å². The zero-order valence-corrected chi connectivity index (χ0v) is 15.2. The third-order valence-corrected chi connectivity index (χ3v) is 4.77. The normalized spacial score (nSPS) is 10.8. The molecule has 0 aliphatic carbocycles. The molecule has 5 N–H and O–H groups in total. The number of hydrogen-bond acceptors (Lipinski definition) is 5. The van der Waals surface area contributed by atoms with Crippen LogP contribution < -0.4 is 0 Å². The Labute approximate surface area is 167 Å². The maximum atomic E-state index is 11.2. The topological polar surface area (TPSA) is 101 Å². The van der Waals surface area contributed by atoms with Gasteiger partial charge in [-0.1, -0.05) is 36.4 Å². The van der Waals surface area contributed by atoms with E-state index in [0.717, 1.165) is 0 Å². The minimum atomic E-state index is -0.0559. The summed E-state index contributed by atoms with van der Waals surface area (Å²) in [5.41, 5.74) is 3.01. The van der Waals surface area contributed by atoms with E-state index in [1.54, 1.807) is 36.4 Å². The highest BCUT2D eigenvalue weighted by Crippen LogP contribution is 2.49. The van der Waals surface area contributed by atoms with Crippen LogP contribution in [0.3, 0.4) is 0 Å². The molecule has 4 rings (SSSR count). The lowest BCUT2D eigenvalue weighted by Gasteiger charge is -2.18. The van der Waals surface area contributed by atoms with Crippen LogP contribution in [0.1, 0.15) is 0 Å². The highest BCUT2D eigenvalue weighted by atomic mass is 16.3. The highest BCUT2D eigenvalue weighted by molar-refractivity contribution is 5.96. The lowest BCUT2D eigenvalue weighted by molar-refractivity contribution is 0.464. The third-order valence-electron chi connectivity index (χ3n) is 4.77. The Bertz CT molecular complexity index is 1160. The molecule has 4 aromatic carbocycles. The van der Waals surface area contributed by atoms with Gasteiger partial charge in [0.1, 0.15) is 28.7 Å². The predicted molar refractivity (Wildman–Crippen MR) is 111 cm³/mol. The number of aromatic hydroxyl groups is 5. The molecule has 0 radical (unpaired) electrons. The van der Waals surface area contributed by atoms with E-state index in [4.69, 9.17) is 0 Å². The van der Waals surface area contributed by atoms with Gasteiger partial charge in [0, 0.05) is 16.7 Å². The fourth-order valence-electron chi connectivity index (χ4n) is 3.35. The molecule has 5 nitrogen and oxygen atoms in total. The number of phenols is 5. The first-order valence-corrected chi connectivity index (χ1v) is 8.91. The number of rotatable bonds is 3. The summed E-state index contributed by atoms with van der Waals surface area (Å²) in [6, 6.07) is 20.3. The van der Waals surface area contributed by atoms with E-state index < -0.39 is 0 Å². The molecule has 0 heterocycles. The molecule has 0 aliphatic rings. The van der Waals surface area contributed by atoms with E-state index in [-0.39, 0.29) is 28.7 Å². The van der Waals surface area contributed by atoms with Crippen molar-refractivity contribution in [2.45, 2.75) is 0 Å². The summed E-state index contributed by atoms with van der Waals surface area (Å²) in [6.07, 6.45) is 0. The number of benzene rings is 4. The van der Waals surface area contributed by atoms with Gasteiger partial charge >= 0.3 is 0 Å². The molecule has 29 heavy (non-hydrogen) atoms. The van der Waals surface area contributed by atoms with E-state index in [9.17, 15) is 25.5 Å². The Balaban J connectivity index is 2.02. The van der Waals surface area contributed by atoms with Gasteiger partial charge in [-0.15, -0.1) is 0 Å². The van der Waals surface area contributed by atoms with Crippen molar-refractivity contribution in [2.75, 3.05) is 0 Å². The lowest BCUT2D eigenvalue weighted by Crippen LogP contribution is -1.91. The zero-order valence-electron chi connectivity index (χ0n) is 15.2. The van der Waals surface area contributed by atoms with Crippen LogP contribution in [-0.4, -0.2) is 25.5 Å². The standard InChI is InChI=1S/C24H18O5/c25-17-7-1-14(2-8-17)20-13-21(28)22(15-3-9-18(26)10-4-15)23(24(20)29)16-5-11-19(27)12-6-16/h1-13,25-29H. The minimum Gasteiger partial charge on any atom is -0.508 e. The SMILES string of the molecule is Oc1ccc(-c2cc(O)c(-c3ccc(O)cc3)c(-c3ccc(O)cc3)c2O)cc1. The maximum absolute atomic E-state index is 11.2. The van der Waals surface area contributed by atoms with Crippen molar-refractivity contribution in [3.63, 3.8) is 0 Å². The molecule has 0 unspecified atom stereocenters. The minimum absolute atomic E-state index is 0.0535. The molecule has 144 valence electrons.